The maximum atomic E-state index is 2.45. The van der Waals surface area contributed by atoms with Crippen LogP contribution < -0.4 is 0 Å². The second-order valence-electron chi connectivity index (χ2n) is 6.96. The van der Waals surface area contributed by atoms with Crippen LogP contribution in [0.25, 0.3) is 0 Å². The van der Waals surface area contributed by atoms with Crippen molar-refractivity contribution in [3.05, 3.63) is 23.8 Å². The number of rotatable bonds is 0. The van der Waals surface area contributed by atoms with Crippen LogP contribution in [-0.2, 0) is 0 Å². The summed E-state index contributed by atoms with van der Waals surface area (Å²) in [6, 6.07) is 0. The van der Waals surface area contributed by atoms with Gasteiger partial charge in [-0.25, -0.2) is 0 Å². The van der Waals surface area contributed by atoms with Gasteiger partial charge in [0.05, 0.1) is 0 Å². The molecule has 0 atom stereocenters. The highest BCUT2D eigenvalue weighted by molar-refractivity contribution is 5.28. The zero-order valence-electron chi connectivity index (χ0n) is 11.4. The Bertz CT molecular complexity index is 275. The van der Waals surface area contributed by atoms with Gasteiger partial charge >= 0.3 is 0 Å². The summed E-state index contributed by atoms with van der Waals surface area (Å²) in [4.78, 5) is 0. The van der Waals surface area contributed by atoms with E-state index in [1.807, 2.05) is 0 Å². The van der Waals surface area contributed by atoms with Gasteiger partial charge in [0.2, 0.25) is 0 Å². The fourth-order valence-corrected chi connectivity index (χ4v) is 2.97. The van der Waals surface area contributed by atoms with Crippen LogP contribution in [0.2, 0.25) is 0 Å². The largest absolute Gasteiger partial charge is 0.0807 e. The quantitative estimate of drug-likeness (QED) is 0.525. The lowest BCUT2D eigenvalue weighted by atomic mass is 9.51. The summed E-state index contributed by atoms with van der Waals surface area (Å²) < 4.78 is 0. The molecule has 0 fully saturated rings. The molecule has 0 saturated heterocycles. The van der Waals surface area contributed by atoms with Crippen molar-refractivity contribution in [3.8, 4) is 0 Å². The van der Waals surface area contributed by atoms with Gasteiger partial charge in [-0.1, -0.05) is 65.3 Å². The van der Waals surface area contributed by atoms with Gasteiger partial charge in [-0.15, -0.1) is 0 Å². The predicted molar refractivity (Wildman–Crippen MR) is 68.9 cm³/mol. The lowest BCUT2D eigenvalue weighted by Crippen LogP contribution is -2.45. The SMILES string of the molecule is CC1=CCC(C(C)(C)C)(C(C)(C)C)C=C1. The molecule has 1 aliphatic carbocycles. The summed E-state index contributed by atoms with van der Waals surface area (Å²) in [5, 5.41) is 0. The molecule has 15 heavy (non-hydrogen) atoms. The minimum Gasteiger partial charge on any atom is -0.0807 e. The fraction of sp³-hybridized carbons (Fsp3) is 0.733. The molecule has 0 bridgehead atoms. The van der Waals surface area contributed by atoms with E-state index in [0.29, 0.717) is 10.8 Å². The van der Waals surface area contributed by atoms with Gasteiger partial charge in [0.25, 0.3) is 0 Å². The van der Waals surface area contributed by atoms with Crippen molar-refractivity contribution < 1.29 is 0 Å². The van der Waals surface area contributed by atoms with Gasteiger partial charge in [0.1, 0.15) is 0 Å². The Balaban J connectivity index is 3.19. The molecule has 86 valence electrons. The van der Waals surface area contributed by atoms with Crippen LogP contribution in [0.3, 0.4) is 0 Å². The minimum atomic E-state index is 0.277. The molecule has 0 radical (unpaired) electrons. The molecular weight excluding hydrogens is 180 g/mol. The Morgan fingerprint density at radius 1 is 1.00 bits per heavy atom. The van der Waals surface area contributed by atoms with Crippen molar-refractivity contribution in [2.75, 3.05) is 0 Å². The highest BCUT2D eigenvalue weighted by atomic mass is 14.5. The summed E-state index contributed by atoms with van der Waals surface area (Å²) in [5.41, 5.74) is 2.29. The third kappa shape index (κ3) is 2.04. The summed E-state index contributed by atoms with van der Waals surface area (Å²) in [6.07, 6.45) is 8.29. The lowest BCUT2D eigenvalue weighted by molar-refractivity contribution is 0.0188. The molecule has 0 saturated carbocycles. The molecule has 1 rings (SSSR count). The molecule has 0 spiro atoms. The molecule has 1 aliphatic rings. The first kappa shape index (κ1) is 12.5. The average Bonchev–Trinajstić information content (AvgIpc) is 2.00. The Morgan fingerprint density at radius 3 is 1.73 bits per heavy atom. The zero-order valence-corrected chi connectivity index (χ0v) is 11.4. The van der Waals surface area contributed by atoms with E-state index in [9.17, 15) is 0 Å². The predicted octanol–water partition coefficient (Wildman–Crippen LogP) is 4.97. The maximum absolute atomic E-state index is 2.45. The second-order valence-corrected chi connectivity index (χ2v) is 6.96. The summed E-state index contributed by atoms with van der Waals surface area (Å²) in [5.74, 6) is 0. The Kier molecular flexibility index (Phi) is 2.93. The van der Waals surface area contributed by atoms with Gasteiger partial charge < -0.3 is 0 Å². The van der Waals surface area contributed by atoms with E-state index in [4.69, 9.17) is 0 Å². The zero-order chi connectivity index (χ0) is 11.9. The Hall–Kier alpha value is -0.520. The van der Waals surface area contributed by atoms with E-state index < -0.39 is 0 Å². The third-order valence-corrected chi connectivity index (χ3v) is 4.05. The minimum absolute atomic E-state index is 0.277. The van der Waals surface area contributed by atoms with E-state index in [1.54, 1.807) is 0 Å². The van der Waals surface area contributed by atoms with Crippen LogP contribution >= 0.6 is 0 Å². The van der Waals surface area contributed by atoms with Crippen LogP contribution in [0.5, 0.6) is 0 Å². The van der Waals surface area contributed by atoms with Gasteiger partial charge in [0, 0.05) is 5.41 Å². The number of hydrogen-bond acceptors (Lipinski definition) is 0. The average molecular weight is 206 g/mol. The number of allylic oxidation sites excluding steroid dienone is 4. The van der Waals surface area contributed by atoms with Crippen molar-refractivity contribution in [2.24, 2.45) is 16.2 Å². The van der Waals surface area contributed by atoms with Crippen LogP contribution in [0, 0.1) is 16.2 Å². The molecule has 0 N–H and O–H groups in total. The molecular formula is C15H26. The van der Waals surface area contributed by atoms with Gasteiger partial charge in [-0.3, -0.25) is 0 Å². The second kappa shape index (κ2) is 3.50. The first-order valence-corrected chi connectivity index (χ1v) is 5.96. The van der Waals surface area contributed by atoms with Crippen molar-refractivity contribution >= 4 is 0 Å². The van der Waals surface area contributed by atoms with Crippen molar-refractivity contribution in [2.45, 2.75) is 54.9 Å². The molecule has 0 nitrogen and oxygen atoms in total. The normalized spacial score (nSPS) is 21.4. The van der Waals surface area contributed by atoms with E-state index in [2.05, 4.69) is 66.7 Å². The summed E-state index contributed by atoms with van der Waals surface area (Å²) in [6.45, 7) is 16.3. The molecule has 0 amide bonds. The Morgan fingerprint density at radius 2 is 1.47 bits per heavy atom. The van der Waals surface area contributed by atoms with Crippen LogP contribution in [0.15, 0.2) is 23.8 Å². The van der Waals surface area contributed by atoms with Crippen LogP contribution in [-0.4, -0.2) is 0 Å². The van der Waals surface area contributed by atoms with Crippen molar-refractivity contribution in [3.63, 3.8) is 0 Å². The molecule has 0 heterocycles. The van der Waals surface area contributed by atoms with Gasteiger partial charge in [-0.2, -0.15) is 0 Å². The highest BCUT2D eigenvalue weighted by Crippen LogP contribution is 2.56. The van der Waals surface area contributed by atoms with Gasteiger partial charge in [0.15, 0.2) is 0 Å². The van der Waals surface area contributed by atoms with E-state index >= 15 is 0 Å². The molecule has 0 aromatic rings. The molecule has 0 aromatic heterocycles. The van der Waals surface area contributed by atoms with Crippen LogP contribution in [0.1, 0.15) is 54.9 Å². The fourth-order valence-electron chi connectivity index (χ4n) is 2.97. The lowest BCUT2D eigenvalue weighted by Gasteiger charge is -2.53. The van der Waals surface area contributed by atoms with Crippen molar-refractivity contribution in [1.82, 2.24) is 0 Å². The topological polar surface area (TPSA) is 0 Å². The van der Waals surface area contributed by atoms with E-state index in [1.165, 1.54) is 12.0 Å². The number of hydrogen-bond donors (Lipinski definition) is 0. The Labute approximate surface area is 95.5 Å². The summed E-state index contributed by atoms with van der Waals surface area (Å²) >= 11 is 0. The molecule has 0 heteroatoms. The maximum Gasteiger partial charge on any atom is 0.00165 e. The third-order valence-electron chi connectivity index (χ3n) is 4.05. The summed E-state index contributed by atoms with van der Waals surface area (Å²) in [7, 11) is 0. The molecule has 0 unspecified atom stereocenters. The van der Waals surface area contributed by atoms with Gasteiger partial charge in [-0.05, 0) is 24.2 Å². The molecule has 0 aromatic carbocycles. The first-order chi connectivity index (χ1) is 6.60. The monoisotopic (exact) mass is 206 g/mol. The first-order valence-electron chi connectivity index (χ1n) is 5.96. The molecule has 0 aliphatic heterocycles. The van der Waals surface area contributed by atoms with Crippen molar-refractivity contribution in [1.29, 1.82) is 0 Å². The smallest absolute Gasteiger partial charge is 0.00165 e. The highest BCUT2D eigenvalue weighted by Gasteiger charge is 2.48. The van der Waals surface area contributed by atoms with E-state index in [-0.39, 0.29) is 5.41 Å². The van der Waals surface area contributed by atoms with E-state index in [0.717, 1.165) is 0 Å². The standard InChI is InChI=1S/C15H26/c1-12-8-10-15(11-9-12,13(2,3)4)14(5,6)7/h8-10H,11H2,1-7H3. The van der Waals surface area contributed by atoms with Crippen LogP contribution in [0.4, 0.5) is 0 Å².